The summed E-state index contributed by atoms with van der Waals surface area (Å²) in [6, 6.07) is 8.49. The number of fused-ring (bicyclic) bond motifs is 1. The zero-order valence-electron chi connectivity index (χ0n) is 19.5. The van der Waals surface area contributed by atoms with Crippen molar-refractivity contribution in [2.75, 3.05) is 12.3 Å². The van der Waals surface area contributed by atoms with E-state index in [-0.39, 0.29) is 39.0 Å². The molecule has 9 N–H and O–H groups in total. The molecule has 0 saturated heterocycles. The van der Waals surface area contributed by atoms with Crippen molar-refractivity contribution in [2.24, 2.45) is 0 Å². The van der Waals surface area contributed by atoms with E-state index in [1.165, 1.54) is 6.07 Å². The van der Waals surface area contributed by atoms with Gasteiger partial charge in [0, 0.05) is 30.1 Å². The first-order valence-electron chi connectivity index (χ1n) is 11.1. The molecule has 2 aromatic carbocycles. The molecule has 0 aliphatic rings. The number of carboxylic acids is 1. The molecule has 2 heterocycles. The number of nitrogens with one attached hydrogen (secondary N) is 4. The number of aromatic hydroxyl groups is 2. The molecule has 2 aromatic heterocycles. The largest absolute Gasteiger partial charge is 0.508 e. The van der Waals surface area contributed by atoms with Crippen molar-refractivity contribution in [1.82, 2.24) is 26.1 Å². The highest BCUT2D eigenvalue weighted by Crippen LogP contribution is 2.25. The van der Waals surface area contributed by atoms with Crippen LogP contribution in [0.4, 0.5) is 5.69 Å². The van der Waals surface area contributed by atoms with Crippen LogP contribution in [-0.4, -0.2) is 61.8 Å². The maximum absolute atomic E-state index is 12.8. The van der Waals surface area contributed by atoms with Gasteiger partial charge in [-0.05, 0) is 29.8 Å². The Balaban J connectivity index is 1.38. The van der Waals surface area contributed by atoms with E-state index >= 15 is 0 Å². The summed E-state index contributed by atoms with van der Waals surface area (Å²) in [7, 11) is 0. The Kier molecular flexibility index (Phi) is 7.43. The highest BCUT2D eigenvalue weighted by Gasteiger charge is 2.25. The van der Waals surface area contributed by atoms with Crippen molar-refractivity contribution in [3.8, 4) is 11.5 Å². The summed E-state index contributed by atoms with van der Waals surface area (Å²) in [5, 5.41) is 43.5. The average Bonchev–Trinajstić information content (AvgIpc) is 3.51. The number of hydrogen-bond acceptors (Lipinski definition) is 9. The number of amides is 3. The second kappa shape index (κ2) is 10.9. The van der Waals surface area contributed by atoms with Crippen LogP contribution in [0.3, 0.4) is 0 Å². The Morgan fingerprint density at radius 3 is 2.45 bits per heavy atom. The van der Waals surface area contributed by atoms with E-state index in [9.17, 15) is 34.5 Å². The lowest BCUT2D eigenvalue weighted by Gasteiger charge is -2.15. The van der Waals surface area contributed by atoms with E-state index in [2.05, 4.69) is 26.1 Å². The van der Waals surface area contributed by atoms with Crippen LogP contribution in [0.15, 0.2) is 48.7 Å². The number of carbonyl (C=O) groups is 4. The number of phenols is 2. The second-order valence-electron chi connectivity index (χ2n) is 8.14. The molecule has 4 aromatic rings. The maximum Gasteiger partial charge on any atom is 0.328 e. The van der Waals surface area contributed by atoms with Gasteiger partial charge in [-0.2, -0.15) is 5.10 Å². The molecule has 0 radical (unpaired) electrons. The van der Waals surface area contributed by atoms with Gasteiger partial charge in [-0.15, -0.1) is 11.3 Å². The number of rotatable bonds is 9. The van der Waals surface area contributed by atoms with Gasteiger partial charge in [0.25, 0.3) is 17.7 Å². The number of nitrogens with zero attached hydrogens (tertiary/aromatic N) is 1. The fraction of sp³-hybridized carbons (Fsp3) is 0.125. The van der Waals surface area contributed by atoms with Crippen molar-refractivity contribution >= 4 is 51.6 Å². The number of nitrogen functional groups attached to an aromatic ring is 1. The lowest BCUT2D eigenvalue weighted by atomic mass is 10.1. The summed E-state index contributed by atoms with van der Waals surface area (Å²) < 4.78 is 0. The number of hydrogen-bond donors (Lipinski definition) is 8. The Morgan fingerprint density at radius 2 is 1.74 bits per heavy atom. The number of anilines is 1. The van der Waals surface area contributed by atoms with Gasteiger partial charge in [0.1, 0.15) is 22.4 Å². The quantitative estimate of drug-likeness (QED) is 0.153. The molecule has 0 fully saturated rings. The Morgan fingerprint density at radius 1 is 1.00 bits per heavy atom. The topological polar surface area (TPSA) is 220 Å². The van der Waals surface area contributed by atoms with Crippen LogP contribution < -0.4 is 21.7 Å². The number of H-pyrrole nitrogens is 1. The normalized spacial score (nSPS) is 11.6. The van der Waals surface area contributed by atoms with Crippen LogP contribution in [0.5, 0.6) is 11.5 Å². The van der Waals surface area contributed by atoms with Gasteiger partial charge in [-0.1, -0.05) is 12.1 Å². The van der Waals surface area contributed by atoms with E-state index in [1.54, 1.807) is 6.20 Å². The first-order valence-corrected chi connectivity index (χ1v) is 11.9. The molecule has 196 valence electrons. The van der Waals surface area contributed by atoms with Crippen LogP contribution in [-0.2, 0) is 11.3 Å². The highest BCUT2D eigenvalue weighted by atomic mass is 32.1. The summed E-state index contributed by atoms with van der Waals surface area (Å²) in [6.07, 6.45) is 1.65. The number of aromatic nitrogens is 2. The minimum atomic E-state index is -1.54. The van der Waals surface area contributed by atoms with Crippen molar-refractivity contribution in [3.63, 3.8) is 0 Å². The molecular weight excluding hydrogens is 516 g/mol. The molecule has 0 spiro atoms. The maximum atomic E-state index is 12.8. The van der Waals surface area contributed by atoms with Crippen LogP contribution in [0.25, 0.3) is 10.9 Å². The van der Waals surface area contributed by atoms with Crippen molar-refractivity contribution in [3.05, 3.63) is 69.5 Å². The molecule has 0 unspecified atom stereocenters. The molecule has 0 bridgehead atoms. The predicted octanol–water partition coefficient (Wildman–Crippen LogP) is 1.16. The van der Waals surface area contributed by atoms with E-state index in [4.69, 9.17) is 5.73 Å². The number of phenolic OH excluding ortho intramolecular Hbond substituents is 2. The van der Waals surface area contributed by atoms with Crippen LogP contribution >= 0.6 is 11.3 Å². The van der Waals surface area contributed by atoms with Gasteiger partial charge < -0.3 is 37.0 Å². The molecule has 3 amide bonds. The first-order chi connectivity index (χ1) is 18.1. The number of aliphatic carboxylic acids is 1. The molecule has 0 aliphatic carbocycles. The SMILES string of the molecule is Nc1cc(C(=O)NCc2cccc3[nH]ncc23)sc1C(=O)N[C@@H](CNC(=O)c1cc(O)cc(O)c1)C(=O)O. The number of thiophene rings is 1. The van der Waals surface area contributed by atoms with Gasteiger partial charge in [-0.3, -0.25) is 19.5 Å². The van der Waals surface area contributed by atoms with Gasteiger partial charge in [0.05, 0.1) is 22.3 Å². The summed E-state index contributed by atoms with van der Waals surface area (Å²) in [4.78, 5) is 49.5. The third-order valence-corrected chi connectivity index (χ3v) is 6.59. The van der Waals surface area contributed by atoms with Gasteiger partial charge >= 0.3 is 5.97 Å². The number of aromatic amines is 1. The fourth-order valence-corrected chi connectivity index (χ4v) is 4.49. The monoisotopic (exact) mass is 538 g/mol. The zero-order valence-corrected chi connectivity index (χ0v) is 20.3. The molecule has 0 aliphatic heterocycles. The van der Waals surface area contributed by atoms with Crippen LogP contribution in [0.2, 0.25) is 0 Å². The Bertz CT molecular complexity index is 1530. The number of carboxylic acid groups (broad SMARTS) is 1. The van der Waals surface area contributed by atoms with Gasteiger partial charge in [0.15, 0.2) is 0 Å². The molecule has 4 rings (SSSR count). The second-order valence-corrected chi connectivity index (χ2v) is 9.19. The van der Waals surface area contributed by atoms with E-state index in [0.29, 0.717) is 0 Å². The third-order valence-electron chi connectivity index (χ3n) is 5.44. The highest BCUT2D eigenvalue weighted by molar-refractivity contribution is 7.16. The van der Waals surface area contributed by atoms with Crippen LogP contribution in [0.1, 0.15) is 35.3 Å². The summed E-state index contributed by atoms with van der Waals surface area (Å²) in [5.41, 5.74) is 7.44. The lowest BCUT2D eigenvalue weighted by molar-refractivity contribution is -0.139. The number of carbonyl (C=O) groups excluding carboxylic acids is 3. The third kappa shape index (κ3) is 5.82. The molecule has 38 heavy (non-hydrogen) atoms. The standard InChI is InChI=1S/C24H22N6O7S/c25-16-7-19(22(34)26-8-11-2-1-3-17-15(11)9-28-30-17)38-20(16)23(35)29-18(24(36)37)10-27-21(33)12-4-13(31)6-14(32)5-12/h1-7,9,18,31-32H,8,10,25H2,(H,26,34)(H,27,33)(H,28,30)(H,29,35)(H,36,37)/t18-/m0/s1. The first kappa shape index (κ1) is 26.0. The number of benzene rings is 2. The van der Waals surface area contributed by atoms with Gasteiger partial charge in [-0.25, -0.2) is 4.79 Å². The Labute approximate surface area is 218 Å². The van der Waals surface area contributed by atoms with Crippen molar-refractivity contribution in [2.45, 2.75) is 12.6 Å². The molecule has 1 atom stereocenters. The molecule has 13 nitrogen and oxygen atoms in total. The van der Waals surface area contributed by atoms with Gasteiger partial charge in [0.2, 0.25) is 0 Å². The minimum absolute atomic E-state index is 0.0157. The van der Waals surface area contributed by atoms with E-state index in [0.717, 1.165) is 46.0 Å². The summed E-state index contributed by atoms with van der Waals surface area (Å²) >= 11 is 0.791. The van der Waals surface area contributed by atoms with Crippen LogP contribution in [0, 0.1) is 0 Å². The average molecular weight is 539 g/mol. The van der Waals surface area contributed by atoms with Crippen molar-refractivity contribution < 1.29 is 34.5 Å². The lowest BCUT2D eigenvalue weighted by Crippen LogP contribution is -2.48. The zero-order chi connectivity index (χ0) is 27.4. The number of nitrogens with two attached hydrogens (primary N) is 1. The predicted molar refractivity (Wildman–Crippen MR) is 137 cm³/mol. The smallest absolute Gasteiger partial charge is 0.328 e. The molecular formula is C24H22N6O7S. The molecule has 0 saturated carbocycles. The summed E-state index contributed by atoms with van der Waals surface area (Å²) in [5.74, 6) is -4.24. The van der Waals surface area contributed by atoms with E-state index in [1.807, 2.05) is 18.2 Å². The summed E-state index contributed by atoms with van der Waals surface area (Å²) in [6.45, 7) is -0.304. The van der Waals surface area contributed by atoms with Crippen molar-refractivity contribution in [1.29, 1.82) is 0 Å². The Hall–Kier alpha value is -5.11. The minimum Gasteiger partial charge on any atom is -0.508 e. The fourth-order valence-electron chi connectivity index (χ4n) is 3.59. The molecule has 14 heteroatoms. The van der Waals surface area contributed by atoms with E-state index < -0.39 is 36.3 Å².